The van der Waals surface area contributed by atoms with Crippen molar-refractivity contribution in [2.45, 2.75) is 25.3 Å². The van der Waals surface area contributed by atoms with Crippen molar-refractivity contribution in [2.75, 3.05) is 0 Å². The second-order valence-corrected chi connectivity index (χ2v) is 9.01. The smallest absolute Gasteiger partial charge is 0.271 e. The van der Waals surface area contributed by atoms with E-state index in [1.807, 2.05) is 12.1 Å². The maximum absolute atomic E-state index is 13.5. The highest BCUT2D eigenvalue weighted by atomic mass is 35.5. The van der Waals surface area contributed by atoms with Crippen LogP contribution in [-0.2, 0) is 4.79 Å². The van der Waals surface area contributed by atoms with Gasteiger partial charge in [0.05, 0.1) is 21.2 Å². The summed E-state index contributed by atoms with van der Waals surface area (Å²) in [6.45, 7) is 0. The van der Waals surface area contributed by atoms with Crippen LogP contribution >= 0.6 is 22.9 Å². The third-order valence-electron chi connectivity index (χ3n) is 5.61. The fraction of sp³-hybridized carbons (Fsp3) is 0.174. The predicted molar refractivity (Wildman–Crippen MR) is 121 cm³/mol. The van der Waals surface area contributed by atoms with Gasteiger partial charge in [0.25, 0.3) is 11.2 Å². The maximum atomic E-state index is 13.5. The van der Waals surface area contributed by atoms with Crippen molar-refractivity contribution in [2.24, 2.45) is 4.99 Å². The lowest BCUT2D eigenvalue weighted by Gasteiger charge is -2.29. The Morgan fingerprint density at radius 1 is 1.16 bits per heavy atom. The molecular formula is C23H16ClN3O4S. The molecule has 0 saturated heterocycles. The van der Waals surface area contributed by atoms with Gasteiger partial charge in [0, 0.05) is 29.1 Å². The average Bonchev–Trinajstić information content (AvgIpc) is 3.08. The summed E-state index contributed by atoms with van der Waals surface area (Å²) in [5, 5.41) is 11.6. The Hall–Kier alpha value is -3.36. The van der Waals surface area contributed by atoms with Gasteiger partial charge in [-0.15, -0.1) is 0 Å². The van der Waals surface area contributed by atoms with Crippen LogP contribution in [0.4, 0.5) is 5.69 Å². The molecule has 2 heterocycles. The Kier molecular flexibility index (Phi) is 5.11. The van der Waals surface area contributed by atoms with Crippen LogP contribution in [0.5, 0.6) is 0 Å². The number of nitrogens with zero attached hydrogens (tertiary/aromatic N) is 3. The molecule has 160 valence electrons. The Labute approximate surface area is 190 Å². The summed E-state index contributed by atoms with van der Waals surface area (Å²) in [5.41, 5.74) is 2.08. The summed E-state index contributed by atoms with van der Waals surface area (Å²) in [5.74, 6) is -0.0205. The highest BCUT2D eigenvalue weighted by molar-refractivity contribution is 7.07. The van der Waals surface area contributed by atoms with Crippen molar-refractivity contribution in [3.8, 4) is 0 Å². The van der Waals surface area contributed by atoms with E-state index in [2.05, 4.69) is 4.99 Å². The zero-order valence-electron chi connectivity index (χ0n) is 16.7. The molecular weight excluding hydrogens is 450 g/mol. The second-order valence-electron chi connectivity index (χ2n) is 7.59. The van der Waals surface area contributed by atoms with Crippen molar-refractivity contribution in [3.63, 3.8) is 0 Å². The molecule has 0 radical (unpaired) electrons. The van der Waals surface area contributed by atoms with E-state index in [9.17, 15) is 19.7 Å². The number of rotatable bonds is 3. The van der Waals surface area contributed by atoms with Crippen LogP contribution < -0.4 is 14.9 Å². The second kappa shape index (κ2) is 7.96. The quantitative estimate of drug-likeness (QED) is 0.436. The van der Waals surface area contributed by atoms with Gasteiger partial charge < -0.3 is 0 Å². The van der Waals surface area contributed by atoms with Gasteiger partial charge in [-0.2, -0.15) is 0 Å². The number of hydrogen-bond acceptors (Lipinski definition) is 6. The van der Waals surface area contributed by atoms with Crippen LogP contribution in [-0.4, -0.2) is 15.3 Å². The molecule has 2 aliphatic rings. The molecule has 0 amide bonds. The Bertz CT molecular complexity index is 1500. The molecule has 0 spiro atoms. The van der Waals surface area contributed by atoms with E-state index < -0.39 is 11.0 Å². The molecule has 0 unspecified atom stereocenters. The minimum atomic E-state index is -0.644. The molecule has 7 nitrogen and oxygen atoms in total. The van der Waals surface area contributed by atoms with Gasteiger partial charge in [0.15, 0.2) is 10.6 Å². The summed E-state index contributed by atoms with van der Waals surface area (Å²) in [6, 6.07) is 12.6. The van der Waals surface area contributed by atoms with Gasteiger partial charge >= 0.3 is 0 Å². The Balaban J connectivity index is 1.76. The first-order valence-corrected chi connectivity index (χ1v) is 11.2. The third-order valence-corrected chi connectivity index (χ3v) is 6.93. The highest BCUT2D eigenvalue weighted by Crippen LogP contribution is 2.38. The van der Waals surface area contributed by atoms with E-state index in [4.69, 9.17) is 11.6 Å². The van der Waals surface area contributed by atoms with Crippen LogP contribution in [0, 0.1) is 10.1 Å². The van der Waals surface area contributed by atoms with Crippen molar-refractivity contribution in [1.29, 1.82) is 0 Å². The van der Waals surface area contributed by atoms with E-state index in [1.54, 1.807) is 30.3 Å². The average molecular weight is 466 g/mol. The lowest BCUT2D eigenvalue weighted by atomic mass is 9.86. The van der Waals surface area contributed by atoms with Gasteiger partial charge in [0.2, 0.25) is 0 Å². The number of hydrogen-bond donors (Lipinski definition) is 0. The molecule has 0 saturated carbocycles. The summed E-state index contributed by atoms with van der Waals surface area (Å²) in [6.07, 6.45) is 3.41. The first kappa shape index (κ1) is 20.5. The molecule has 0 bridgehead atoms. The summed E-state index contributed by atoms with van der Waals surface area (Å²) >= 11 is 7.69. The third kappa shape index (κ3) is 3.41. The normalized spacial score (nSPS) is 18.2. The number of Topliss-reactive ketones (excluding diaryl/α,β-unsaturated/α-hetero) is 1. The Morgan fingerprint density at radius 3 is 2.75 bits per heavy atom. The van der Waals surface area contributed by atoms with Gasteiger partial charge in [-0.3, -0.25) is 24.3 Å². The topological polar surface area (TPSA) is 94.6 Å². The molecule has 3 aromatic rings. The number of aromatic nitrogens is 1. The number of benzene rings is 2. The molecule has 1 aromatic heterocycles. The van der Waals surface area contributed by atoms with E-state index in [0.29, 0.717) is 49.6 Å². The van der Waals surface area contributed by atoms with Crippen LogP contribution in [0.2, 0.25) is 5.02 Å². The van der Waals surface area contributed by atoms with Gasteiger partial charge in [-0.1, -0.05) is 53.3 Å². The molecule has 9 heteroatoms. The molecule has 1 aliphatic heterocycles. The largest absolute Gasteiger partial charge is 0.294 e. The first-order chi connectivity index (χ1) is 15.4. The molecule has 2 aromatic carbocycles. The zero-order chi connectivity index (χ0) is 22.4. The van der Waals surface area contributed by atoms with Gasteiger partial charge in [0.1, 0.15) is 0 Å². The number of nitro benzene ring substituents is 1. The number of nitro groups is 1. The summed E-state index contributed by atoms with van der Waals surface area (Å²) in [4.78, 5) is 42.2. The standard InChI is InChI=1S/C23H16ClN3O4S/c24-16-8-2-1-7-15(16)21-20-17(9-4-10-18(20)28)25-23-26(21)22(29)19(32-23)12-13-5-3-6-14(11-13)27(30)31/h1-3,5-8,11-12,21H,4,9-10H2/b19-12-/t21-/m1/s1. The van der Waals surface area contributed by atoms with E-state index in [-0.39, 0.29) is 17.0 Å². The number of thiazole rings is 1. The van der Waals surface area contributed by atoms with Crippen molar-refractivity contribution in [3.05, 3.63) is 106 Å². The van der Waals surface area contributed by atoms with Gasteiger partial charge in [-0.05, 0) is 36.1 Å². The molecule has 32 heavy (non-hydrogen) atoms. The SMILES string of the molecule is O=C1CCCC2=C1[C@@H](c1ccccc1Cl)n1c(s/c(=C\c3cccc([N+](=O)[O-])c3)c1=O)=N2. The number of carbonyl (C=O) groups excluding carboxylic acids is 1. The van der Waals surface area contributed by atoms with Gasteiger partial charge in [-0.25, -0.2) is 4.99 Å². The summed E-state index contributed by atoms with van der Waals surface area (Å²) < 4.78 is 1.91. The highest BCUT2D eigenvalue weighted by Gasteiger charge is 2.35. The molecule has 1 atom stereocenters. The van der Waals surface area contributed by atoms with Crippen molar-refractivity contribution in [1.82, 2.24) is 4.57 Å². The minimum Gasteiger partial charge on any atom is -0.294 e. The number of halogens is 1. The molecule has 0 fully saturated rings. The number of carbonyl (C=O) groups is 1. The molecule has 5 rings (SSSR count). The zero-order valence-corrected chi connectivity index (χ0v) is 18.2. The van der Waals surface area contributed by atoms with Crippen LogP contribution in [0.15, 0.2) is 69.6 Å². The van der Waals surface area contributed by atoms with Crippen molar-refractivity contribution < 1.29 is 9.72 Å². The lowest BCUT2D eigenvalue weighted by Crippen LogP contribution is -2.40. The predicted octanol–water partition coefficient (Wildman–Crippen LogP) is 3.53. The molecule has 1 aliphatic carbocycles. The fourth-order valence-electron chi connectivity index (χ4n) is 4.18. The lowest BCUT2D eigenvalue weighted by molar-refractivity contribution is -0.384. The fourth-order valence-corrected chi connectivity index (χ4v) is 5.44. The van der Waals surface area contributed by atoms with Crippen LogP contribution in [0.1, 0.15) is 36.4 Å². The number of allylic oxidation sites excluding steroid dienone is 2. The van der Waals surface area contributed by atoms with Crippen LogP contribution in [0.25, 0.3) is 6.08 Å². The maximum Gasteiger partial charge on any atom is 0.271 e. The minimum absolute atomic E-state index is 0.0205. The number of ketones is 1. The number of fused-ring (bicyclic) bond motifs is 1. The van der Waals surface area contributed by atoms with E-state index in [1.165, 1.54) is 28.0 Å². The Morgan fingerprint density at radius 2 is 1.97 bits per heavy atom. The number of non-ortho nitro benzene ring substituents is 1. The molecule has 0 N–H and O–H groups in total. The monoisotopic (exact) mass is 465 g/mol. The van der Waals surface area contributed by atoms with Crippen molar-refractivity contribution >= 4 is 40.5 Å². The van der Waals surface area contributed by atoms with Crippen LogP contribution in [0.3, 0.4) is 0 Å². The van der Waals surface area contributed by atoms with E-state index >= 15 is 0 Å². The van der Waals surface area contributed by atoms with E-state index in [0.717, 1.165) is 6.42 Å². The first-order valence-electron chi connectivity index (χ1n) is 10.0. The summed E-state index contributed by atoms with van der Waals surface area (Å²) in [7, 11) is 0.